The van der Waals surface area contributed by atoms with Crippen molar-refractivity contribution in [3.8, 4) is 0 Å². The first kappa shape index (κ1) is 10.0. The monoisotopic (exact) mass is 171 g/mol. The van der Waals surface area contributed by atoms with Gasteiger partial charge in [0.05, 0.1) is 6.10 Å². The van der Waals surface area contributed by atoms with Gasteiger partial charge < -0.3 is 10.4 Å². The van der Waals surface area contributed by atoms with Crippen LogP contribution in [0.4, 0.5) is 0 Å². The highest BCUT2D eigenvalue weighted by atomic mass is 16.3. The molecule has 1 rings (SSSR count). The number of rotatable bonds is 3. The third-order valence-corrected chi connectivity index (χ3v) is 3.01. The van der Waals surface area contributed by atoms with E-state index in [9.17, 15) is 5.11 Å². The maximum Gasteiger partial charge on any atom is 0.0690 e. The highest BCUT2D eigenvalue weighted by molar-refractivity contribution is 4.81. The summed E-state index contributed by atoms with van der Waals surface area (Å²) in [5.74, 6) is 0.838. The molecule has 2 nitrogen and oxygen atoms in total. The van der Waals surface area contributed by atoms with Crippen LogP contribution in [0.2, 0.25) is 0 Å². The molecule has 0 saturated carbocycles. The lowest BCUT2D eigenvalue weighted by Crippen LogP contribution is -2.45. The summed E-state index contributed by atoms with van der Waals surface area (Å²) < 4.78 is 0. The Hall–Kier alpha value is -0.0800. The van der Waals surface area contributed by atoms with Crippen molar-refractivity contribution < 1.29 is 5.11 Å². The van der Waals surface area contributed by atoms with Gasteiger partial charge in [-0.05, 0) is 31.7 Å². The Morgan fingerprint density at radius 1 is 1.42 bits per heavy atom. The molecule has 1 saturated heterocycles. The van der Waals surface area contributed by atoms with Crippen LogP contribution in [0.25, 0.3) is 0 Å². The molecule has 2 N–H and O–H groups in total. The zero-order valence-corrected chi connectivity index (χ0v) is 8.21. The predicted octanol–water partition coefficient (Wildman–Crippen LogP) is 1.54. The number of aliphatic hydroxyl groups excluding tert-OH is 1. The van der Waals surface area contributed by atoms with Crippen molar-refractivity contribution in [3.05, 3.63) is 0 Å². The molecule has 0 aromatic rings. The molecule has 2 heteroatoms. The summed E-state index contributed by atoms with van der Waals surface area (Å²) >= 11 is 0. The van der Waals surface area contributed by atoms with E-state index in [1.807, 2.05) is 6.92 Å². The van der Waals surface area contributed by atoms with Crippen LogP contribution in [-0.2, 0) is 0 Å². The van der Waals surface area contributed by atoms with Crippen molar-refractivity contribution in [3.63, 3.8) is 0 Å². The molecule has 0 aliphatic carbocycles. The maximum atomic E-state index is 9.58. The summed E-state index contributed by atoms with van der Waals surface area (Å²) in [4.78, 5) is 0. The zero-order valence-electron chi connectivity index (χ0n) is 8.21. The maximum absolute atomic E-state index is 9.58. The molecule has 1 aliphatic rings. The smallest absolute Gasteiger partial charge is 0.0690 e. The molecule has 0 spiro atoms. The second-order valence-corrected chi connectivity index (χ2v) is 3.84. The Bertz CT molecular complexity index is 119. The van der Waals surface area contributed by atoms with E-state index in [1.165, 1.54) is 12.8 Å². The topological polar surface area (TPSA) is 32.3 Å². The Labute approximate surface area is 75.4 Å². The van der Waals surface area contributed by atoms with Crippen LogP contribution < -0.4 is 5.32 Å². The minimum Gasteiger partial charge on any atom is -0.392 e. The molecule has 12 heavy (non-hydrogen) atoms. The molecule has 0 amide bonds. The first-order valence-electron chi connectivity index (χ1n) is 5.19. The molecule has 1 fully saturated rings. The fourth-order valence-corrected chi connectivity index (χ4v) is 1.90. The fraction of sp³-hybridized carbons (Fsp3) is 1.00. The van der Waals surface area contributed by atoms with Gasteiger partial charge >= 0.3 is 0 Å². The van der Waals surface area contributed by atoms with E-state index in [4.69, 9.17) is 0 Å². The number of hydrogen-bond donors (Lipinski definition) is 2. The van der Waals surface area contributed by atoms with Crippen LogP contribution in [-0.4, -0.2) is 23.8 Å². The second-order valence-electron chi connectivity index (χ2n) is 3.84. The average Bonchev–Trinajstić information content (AvgIpc) is 2.17. The van der Waals surface area contributed by atoms with Crippen molar-refractivity contribution in [1.82, 2.24) is 5.32 Å². The Kier molecular flexibility index (Phi) is 4.02. The first-order chi connectivity index (χ1) is 5.77. The van der Waals surface area contributed by atoms with Crippen LogP contribution in [0.1, 0.15) is 39.5 Å². The minimum absolute atomic E-state index is 0.136. The highest BCUT2D eigenvalue weighted by Crippen LogP contribution is 2.19. The van der Waals surface area contributed by atoms with Gasteiger partial charge in [0, 0.05) is 6.04 Å². The largest absolute Gasteiger partial charge is 0.392 e. The first-order valence-corrected chi connectivity index (χ1v) is 5.19. The molecule has 0 aromatic carbocycles. The van der Waals surface area contributed by atoms with E-state index >= 15 is 0 Å². The van der Waals surface area contributed by atoms with E-state index in [1.54, 1.807) is 0 Å². The zero-order chi connectivity index (χ0) is 8.97. The number of hydrogen-bond acceptors (Lipinski definition) is 2. The van der Waals surface area contributed by atoms with E-state index in [0.29, 0.717) is 6.04 Å². The fourth-order valence-electron chi connectivity index (χ4n) is 1.90. The quantitative estimate of drug-likeness (QED) is 0.675. The summed E-state index contributed by atoms with van der Waals surface area (Å²) in [6.07, 6.45) is 4.43. The molecule has 3 unspecified atom stereocenters. The van der Waals surface area contributed by atoms with Gasteiger partial charge in [-0.25, -0.2) is 0 Å². The lowest BCUT2D eigenvalue weighted by Gasteiger charge is -2.31. The van der Waals surface area contributed by atoms with Crippen LogP contribution in [0.5, 0.6) is 0 Å². The van der Waals surface area contributed by atoms with Crippen molar-refractivity contribution in [2.45, 2.75) is 51.7 Å². The second kappa shape index (κ2) is 4.83. The van der Waals surface area contributed by atoms with Gasteiger partial charge in [0.25, 0.3) is 0 Å². The molecule has 72 valence electrons. The Morgan fingerprint density at radius 3 is 2.58 bits per heavy atom. The van der Waals surface area contributed by atoms with Gasteiger partial charge in [0.2, 0.25) is 0 Å². The van der Waals surface area contributed by atoms with Crippen LogP contribution in [0.15, 0.2) is 0 Å². The van der Waals surface area contributed by atoms with Crippen molar-refractivity contribution >= 4 is 0 Å². The molecular formula is C10H21NO. The normalized spacial score (nSPS) is 33.2. The summed E-state index contributed by atoms with van der Waals surface area (Å²) in [5.41, 5.74) is 0. The summed E-state index contributed by atoms with van der Waals surface area (Å²) in [5, 5.41) is 13.0. The minimum atomic E-state index is -0.136. The summed E-state index contributed by atoms with van der Waals surface area (Å²) in [6.45, 7) is 5.37. The average molecular weight is 171 g/mol. The Balaban J connectivity index is 2.25. The Morgan fingerprint density at radius 2 is 2.17 bits per heavy atom. The van der Waals surface area contributed by atoms with Gasteiger partial charge in [-0.2, -0.15) is 0 Å². The number of aliphatic hydroxyl groups is 1. The molecule has 0 radical (unpaired) electrons. The molecule has 1 aliphatic heterocycles. The van der Waals surface area contributed by atoms with E-state index < -0.39 is 0 Å². The van der Waals surface area contributed by atoms with Gasteiger partial charge in [0.15, 0.2) is 0 Å². The van der Waals surface area contributed by atoms with E-state index in [0.717, 1.165) is 25.3 Å². The lowest BCUT2D eigenvalue weighted by molar-refractivity contribution is 0.0988. The van der Waals surface area contributed by atoms with Gasteiger partial charge in [0.1, 0.15) is 0 Å². The molecule has 3 atom stereocenters. The lowest BCUT2D eigenvalue weighted by atomic mass is 9.90. The summed E-state index contributed by atoms with van der Waals surface area (Å²) in [7, 11) is 0. The molecule has 1 heterocycles. The predicted molar refractivity (Wildman–Crippen MR) is 51.1 cm³/mol. The number of piperidine rings is 1. The third-order valence-electron chi connectivity index (χ3n) is 3.01. The van der Waals surface area contributed by atoms with E-state index in [-0.39, 0.29) is 6.10 Å². The van der Waals surface area contributed by atoms with Crippen molar-refractivity contribution in [2.75, 3.05) is 6.54 Å². The number of nitrogens with one attached hydrogen (secondary N) is 1. The highest BCUT2D eigenvalue weighted by Gasteiger charge is 2.23. The molecule has 0 aromatic heterocycles. The van der Waals surface area contributed by atoms with Gasteiger partial charge in [-0.15, -0.1) is 0 Å². The van der Waals surface area contributed by atoms with Crippen molar-refractivity contribution in [1.29, 1.82) is 0 Å². The molecule has 0 bridgehead atoms. The van der Waals surface area contributed by atoms with Gasteiger partial charge in [-0.3, -0.25) is 0 Å². The van der Waals surface area contributed by atoms with Crippen LogP contribution in [0, 0.1) is 5.92 Å². The van der Waals surface area contributed by atoms with Crippen LogP contribution in [0.3, 0.4) is 0 Å². The van der Waals surface area contributed by atoms with E-state index in [2.05, 4.69) is 12.2 Å². The molecular weight excluding hydrogens is 150 g/mol. The van der Waals surface area contributed by atoms with Crippen molar-refractivity contribution in [2.24, 2.45) is 5.92 Å². The SMILES string of the molecule is CCC1CCC(C(O)CC)NC1. The standard InChI is InChI=1S/C10H21NO/c1-3-8-5-6-9(11-7-8)10(12)4-2/h8-12H,3-7H2,1-2H3. The van der Waals surface area contributed by atoms with Gasteiger partial charge in [-0.1, -0.05) is 20.3 Å². The summed E-state index contributed by atoms with van der Waals surface area (Å²) in [6, 6.07) is 0.359. The van der Waals surface area contributed by atoms with Crippen LogP contribution >= 0.6 is 0 Å². The third kappa shape index (κ3) is 2.46.